The molecule has 1 saturated heterocycles. The zero-order valence-corrected chi connectivity index (χ0v) is 16.9. The fourth-order valence-electron chi connectivity index (χ4n) is 3.58. The van der Waals surface area contributed by atoms with Gasteiger partial charge in [-0.05, 0) is 57.3 Å². The number of aliphatic imine (C=N–C) groups is 1. The zero-order valence-electron chi connectivity index (χ0n) is 16.9. The third-order valence-corrected chi connectivity index (χ3v) is 5.21. The molecular formula is C23H24FN5O. The molecule has 4 rings (SSSR count). The standard InChI is InChI=1S/C23H24FN5O/c1-15(22(9-11-25-2)30-16-6-5-10-26-13-16)20-12-18-21(14-27-20)28-29-23(18)17-7-3-4-8-19(17)24/h3-4,7-9,11-12,14,16,26H,2,5-6,10,13H2,1H3,(H,28,29)/b11-9-,22-15-/t16-/m0/s1. The van der Waals surface area contributed by atoms with Crippen molar-refractivity contribution in [2.24, 2.45) is 4.99 Å². The van der Waals surface area contributed by atoms with Crippen LogP contribution in [0.3, 0.4) is 0 Å². The van der Waals surface area contributed by atoms with E-state index in [1.807, 2.05) is 13.0 Å². The van der Waals surface area contributed by atoms with Crippen LogP contribution in [0, 0.1) is 5.82 Å². The first-order valence-electron chi connectivity index (χ1n) is 9.97. The molecule has 3 aromatic rings. The lowest BCUT2D eigenvalue weighted by molar-refractivity contribution is 0.101. The fourth-order valence-corrected chi connectivity index (χ4v) is 3.58. The van der Waals surface area contributed by atoms with Gasteiger partial charge in [-0.1, -0.05) is 12.1 Å². The lowest BCUT2D eigenvalue weighted by Gasteiger charge is -2.25. The maximum absolute atomic E-state index is 14.3. The number of hydrogen-bond acceptors (Lipinski definition) is 5. The monoisotopic (exact) mass is 405 g/mol. The second-order valence-electron chi connectivity index (χ2n) is 7.24. The van der Waals surface area contributed by atoms with Gasteiger partial charge in [0, 0.05) is 29.3 Å². The number of ether oxygens (including phenoxy) is 1. The van der Waals surface area contributed by atoms with Crippen LogP contribution in [0.25, 0.3) is 27.7 Å². The maximum Gasteiger partial charge on any atom is 0.132 e. The highest BCUT2D eigenvalue weighted by atomic mass is 19.1. The largest absolute Gasteiger partial charge is 0.489 e. The van der Waals surface area contributed by atoms with E-state index in [-0.39, 0.29) is 11.9 Å². The number of nitrogens with one attached hydrogen (secondary N) is 2. The van der Waals surface area contributed by atoms with Gasteiger partial charge in [0.15, 0.2) is 0 Å². The molecule has 1 aliphatic rings. The predicted octanol–water partition coefficient (Wildman–Crippen LogP) is 4.48. The Balaban J connectivity index is 1.75. The van der Waals surface area contributed by atoms with Gasteiger partial charge >= 0.3 is 0 Å². The first-order chi connectivity index (χ1) is 14.7. The lowest BCUT2D eigenvalue weighted by atomic mass is 10.1. The molecule has 0 radical (unpaired) electrons. The number of halogens is 1. The number of H-pyrrole nitrogens is 1. The molecule has 6 nitrogen and oxygen atoms in total. The van der Waals surface area contributed by atoms with Crippen molar-refractivity contribution in [3.63, 3.8) is 0 Å². The number of aromatic nitrogens is 3. The number of pyridine rings is 1. The number of nitrogens with zero attached hydrogens (tertiary/aromatic N) is 3. The van der Waals surface area contributed by atoms with Gasteiger partial charge in [0.05, 0.1) is 17.4 Å². The Hall–Kier alpha value is -3.32. The minimum atomic E-state index is -0.315. The van der Waals surface area contributed by atoms with E-state index in [1.165, 1.54) is 6.07 Å². The van der Waals surface area contributed by atoms with Crippen molar-refractivity contribution in [2.45, 2.75) is 25.9 Å². The topological polar surface area (TPSA) is 75.2 Å². The Morgan fingerprint density at radius 3 is 3.00 bits per heavy atom. The summed E-state index contributed by atoms with van der Waals surface area (Å²) in [6, 6.07) is 8.52. The maximum atomic E-state index is 14.3. The van der Waals surface area contributed by atoms with Crippen molar-refractivity contribution in [1.29, 1.82) is 0 Å². The number of fused-ring (bicyclic) bond motifs is 1. The van der Waals surface area contributed by atoms with Gasteiger partial charge in [-0.25, -0.2) is 4.39 Å². The number of benzene rings is 1. The SMILES string of the molecule is C=N/C=C\C(O[C@H]1CCCNC1)=C(/C)c1cc2c(-c3ccccc3F)n[nH]c2cn1. The van der Waals surface area contributed by atoms with Crippen molar-refractivity contribution in [1.82, 2.24) is 20.5 Å². The molecule has 0 aliphatic carbocycles. The first-order valence-corrected chi connectivity index (χ1v) is 9.97. The van der Waals surface area contributed by atoms with Gasteiger partial charge in [0.2, 0.25) is 0 Å². The number of rotatable bonds is 6. The lowest BCUT2D eigenvalue weighted by Crippen LogP contribution is -2.35. The summed E-state index contributed by atoms with van der Waals surface area (Å²) in [4.78, 5) is 8.37. The summed E-state index contributed by atoms with van der Waals surface area (Å²) >= 11 is 0. The second-order valence-corrected chi connectivity index (χ2v) is 7.24. The highest BCUT2D eigenvalue weighted by Gasteiger charge is 2.18. The van der Waals surface area contributed by atoms with Crippen LogP contribution >= 0.6 is 0 Å². The molecule has 0 bridgehead atoms. The van der Waals surface area contributed by atoms with E-state index in [2.05, 4.69) is 32.2 Å². The van der Waals surface area contributed by atoms with E-state index in [0.717, 1.165) is 48.1 Å². The molecule has 7 heteroatoms. The molecule has 1 fully saturated rings. The minimum absolute atomic E-state index is 0.0878. The first kappa shape index (κ1) is 20.0. The van der Waals surface area contributed by atoms with E-state index in [0.29, 0.717) is 17.0 Å². The fraction of sp³-hybridized carbons (Fsp3) is 0.261. The van der Waals surface area contributed by atoms with Gasteiger partial charge in [0.25, 0.3) is 0 Å². The molecule has 0 spiro atoms. The molecule has 0 amide bonds. The van der Waals surface area contributed by atoms with Gasteiger partial charge in [-0.2, -0.15) is 5.10 Å². The zero-order chi connectivity index (χ0) is 20.9. The summed E-state index contributed by atoms with van der Waals surface area (Å²) in [5.41, 5.74) is 3.34. The van der Waals surface area contributed by atoms with Crippen molar-refractivity contribution in [3.8, 4) is 11.3 Å². The van der Waals surface area contributed by atoms with E-state index in [4.69, 9.17) is 4.74 Å². The molecule has 2 N–H and O–H groups in total. The molecular weight excluding hydrogens is 381 g/mol. The van der Waals surface area contributed by atoms with Gasteiger partial charge in [0.1, 0.15) is 23.4 Å². The average molecular weight is 405 g/mol. The minimum Gasteiger partial charge on any atom is -0.489 e. The Labute approximate surface area is 174 Å². The Kier molecular flexibility index (Phi) is 5.99. The van der Waals surface area contributed by atoms with E-state index in [9.17, 15) is 4.39 Å². The third kappa shape index (κ3) is 4.16. The molecule has 154 valence electrons. The summed E-state index contributed by atoms with van der Waals surface area (Å²) in [6.45, 7) is 7.28. The summed E-state index contributed by atoms with van der Waals surface area (Å²) in [7, 11) is 0. The molecule has 30 heavy (non-hydrogen) atoms. The van der Waals surface area contributed by atoms with E-state index < -0.39 is 0 Å². The van der Waals surface area contributed by atoms with E-state index in [1.54, 1.807) is 36.7 Å². The van der Waals surface area contributed by atoms with Crippen LogP contribution in [-0.4, -0.2) is 41.1 Å². The van der Waals surface area contributed by atoms with Crippen LogP contribution in [0.5, 0.6) is 0 Å². The molecule has 0 unspecified atom stereocenters. The number of allylic oxidation sites excluding steroid dienone is 2. The Bertz CT molecular complexity index is 1110. The normalized spacial score (nSPS) is 17.9. The number of hydrogen-bond donors (Lipinski definition) is 2. The molecule has 0 saturated carbocycles. The van der Waals surface area contributed by atoms with Gasteiger partial charge in [-0.15, -0.1) is 0 Å². The molecule has 1 aliphatic heterocycles. The van der Waals surface area contributed by atoms with Crippen molar-refractivity contribution in [3.05, 3.63) is 66.1 Å². The van der Waals surface area contributed by atoms with Crippen LogP contribution in [0.15, 0.2) is 59.6 Å². The summed E-state index contributed by atoms with van der Waals surface area (Å²) in [5.74, 6) is 0.379. The van der Waals surface area contributed by atoms with Crippen LogP contribution in [-0.2, 0) is 4.74 Å². The summed E-state index contributed by atoms with van der Waals surface area (Å²) in [5, 5.41) is 11.4. The molecule has 1 aromatic carbocycles. The molecule has 2 aromatic heterocycles. The highest BCUT2D eigenvalue weighted by molar-refractivity contribution is 5.94. The van der Waals surface area contributed by atoms with E-state index >= 15 is 0 Å². The van der Waals surface area contributed by atoms with Gasteiger partial charge < -0.3 is 10.1 Å². The van der Waals surface area contributed by atoms with Crippen LogP contribution in [0.4, 0.5) is 4.39 Å². The Morgan fingerprint density at radius 1 is 1.37 bits per heavy atom. The Morgan fingerprint density at radius 2 is 2.23 bits per heavy atom. The second kappa shape index (κ2) is 9.00. The van der Waals surface area contributed by atoms with Gasteiger partial charge in [-0.3, -0.25) is 15.1 Å². The predicted molar refractivity (Wildman–Crippen MR) is 118 cm³/mol. The third-order valence-electron chi connectivity index (χ3n) is 5.21. The quantitative estimate of drug-likeness (QED) is 0.360. The molecule has 1 atom stereocenters. The molecule has 3 heterocycles. The van der Waals surface area contributed by atoms with Crippen molar-refractivity contribution in [2.75, 3.05) is 13.1 Å². The number of aromatic amines is 1. The average Bonchev–Trinajstić information content (AvgIpc) is 3.20. The summed E-state index contributed by atoms with van der Waals surface area (Å²) in [6.07, 6.45) is 7.27. The van der Waals surface area contributed by atoms with Crippen LogP contribution in [0.2, 0.25) is 0 Å². The van der Waals surface area contributed by atoms with Crippen LogP contribution in [0.1, 0.15) is 25.5 Å². The van der Waals surface area contributed by atoms with Crippen LogP contribution < -0.4 is 5.32 Å². The highest BCUT2D eigenvalue weighted by Crippen LogP contribution is 2.30. The van der Waals surface area contributed by atoms with Crippen molar-refractivity contribution >= 4 is 23.2 Å². The number of piperidine rings is 1. The van der Waals surface area contributed by atoms with Crippen molar-refractivity contribution < 1.29 is 9.13 Å². The smallest absolute Gasteiger partial charge is 0.132 e. The summed E-state index contributed by atoms with van der Waals surface area (Å²) < 4.78 is 20.6.